The molecule has 0 spiro atoms. The predicted octanol–water partition coefficient (Wildman–Crippen LogP) is -0.577. The fourth-order valence-corrected chi connectivity index (χ4v) is 7.82. The molecule has 3 aromatic rings. The summed E-state index contributed by atoms with van der Waals surface area (Å²) in [6.07, 6.45) is 0. The van der Waals surface area contributed by atoms with Gasteiger partial charge in [0.1, 0.15) is 4.90 Å². The number of carbonyl (C=O) groups excluding carboxylic acids is 1. The Bertz CT molecular complexity index is 1410. The van der Waals surface area contributed by atoms with Gasteiger partial charge in [0.25, 0.3) is 10.0 Å². The number of nitrogens with one attached hydrogen (secondary N) is 3. The van der Waals surface area contributed by atoms with E-state index in [1.54, 1.807) is 30.3 Å². The van der Waals surface area contributed by atoms with Crippen LogP contribution in [0.25, 0.3) is 22.5 Å². The smallest absolute Gasteiger partial charge is 0.293 e. The molecular formula is C17H19N9O4S2. The number of aromatic amines is 1. The second-order valence-electron chi connectivity index (χ2n) is 6.61. The van der Waals surface area contributed by atoms with E-state index in [0.717, 1.165) is 0 Å². The molecular weight excluding hydrogens is 458 g/mol. The number of sulfonamides is 1. The maximum Gasteiger partial charge on any atom is 0.293 e. The number of nitrogens with zero attached hydrogens (tertiary/aromatic N) is 4. The van der Waals surface area contributed by atoms with Crippen LogP contribution < -0.4 is 21.5 Å². The van der Waals surface area contributed by atoms with Gasteiger partial charge in [0.05, 0.1) is 17.0 Å². The summed E-state index contributed by atoms with van der Waals surface area (Å²) in [5, 5.41) is 16.4. The molecule has 168 valence electrons. The van der Waals surface area contributed by atoms with Gasteiger partial charge >= 0.3 is 0 Å². The largest absolute Gasteiger partial charge is 0.329 e. The molecule has 32 heavy (non-hydrogen) atoms. The first-order chi connectivity index (χ1) is 15.3. The number of hydrogen-bond acceptors (Lipinski definition) is 9. The lowest BCUT2D eigenvalue weighted by atomic mass is 9.97. The molecule has 13 nitrogen and oxygen atoms in total. The van der Waals surface area contributed by atoms with Crippen molar-refractivity contribution in [3.8, 4) is 22.5 Å². The quantitative estimate of drug-likeness (QED) is 0.294. The first-order valence-corrected chi connectivity index (χ1v) is 12.2. The van der Waals surface area contributed by atoms with Gasteiger partial charge in [-0.25, -0.2) is 8.93 Å². The maximum absolute atomic E-state index is 13.4. The highest BCUT2D eigenvalue weighted by Crippen LogP contribution is 2.45. The topological polar surface area (TPSA) is 211 Å². The molecule has 7 N–H and O–H groups in total. The van der Waals surface area contributed by atoms with E-state index in [2.05, 4.69) is 34.4 Å². The molecule has 1 aliphatic heterocycles. The lowest BCUT2D eigenvalue weighted by Gasteiger charge is -2.16. The van der Waals surface area contributed by atoms with E-state index < -0.39 is 25.8 Å². The number of rotatable bonds is 7. The van der Waals surface area contributed by atoms with Crippen LogP contribution in [-0.2, 0) is 24.7 Å². The van der Waals surface area contributed by atoms with Gasteiger partial charge in [-0.15, -0.1) is 10.2 Å². The number of benzene rings is 2. The van der Waals surface area contributed by atoms with Crippen LogP contribution in [0.15, 0.2) is 50.0 Å². The number of anilines is 1. The Balaban J connectivity index is 2.02. The Kier molecular flexibility index (Phi) is 5.74. The van der Waals surface area contributed by atoms with Gasteiger partial charge < -0.3 is 16.8 Å². The Morgan fingerprint density at radius 3 is 2.53 bits per heavy atom. The summed E-state index contributed by atoms with van der Waals surface area (Å²) >= 11 is 0. The molecule has 1 amide bonds. The summed E-state index contributed by atoms with van der Waals surface area (Å²) < 4.78 is 45.7. The van der Waals surface area contributed by atoms with E-state index in [0.29, 0.717) is 16.8 Å². The molecule has 0 radical (unpaired) electrons. The van der Waals surface area contributed by atoms with Crippen molar-refractivity contribution in [2.45, 2.75) is 9.79 Å². The number of aromatic nitrogens is 4. The zero-order valence-electron chi connectivity index (χ0n) is 16.5. The summed E-state index contributed by atoms with van der Waals surface area (Å²) in [6.45, 7) is -0.0191. The number of carbonyl (C=O) groups is 1. The van der Waals surface area contributed by atoms with E-state index >= 15 is 0 Å². The Morgan fingerprint density at radius 2 is 1.84 bits per heavy atom. The second kappa shape index (κ2) is 8.36. The first kappa shape index (κ1) is 22.0. The summed E-state index contributed by atoms with van der Waals surface area (Å²) in [6, 6.07) is 9.72. The number of amides is 1. The fraction of sp³-hybridized carbons (Fsp3) is 0.176. The molecule has 1 unspecified atom stereocenters. The normalized spacial score (nSPS) is 18.7. The Labute approximate surface area is 183 Å². The van der Waals surface area contributed by atoms with Crippen molar-refractivity contribution in [1.29, 1.82) is 0 Å². The third kappa shape index (κ3) is 3.76. The number of fused-ring (bicyclic) bond motifs is 1. The lowest BCUT2D eigenvalue weighted by Crippen LogP contribution is -2.28. The van der Waals surface area contributed by atoms with E-state index in [9.17, 15) is 17.4 Å². The third-order valence-corrected chi connectivity index (χ3v) is 8.79. The molecule has 2 aromatic carbocycles. The predicted molar refractivity (Wildman–Crippen MR) is 116 cm³/mol. The number of tetrazole rings is 1. The van der Waals surface area contributed by atoms with Crippen LogP contribution in [-0.4, -0.2) is 58.8 Å². The Hall–Kier alpha value is -3.24. The number of para-hydroxylation sites is 1. The van der Waals surface area contributed by atoms with Gasteiger partial charge in [0.2, 0.25) is 11.7 Å². The molecule has 1 atom stereocenters. The van der Waals surface area contributed by atoms with Gasteiger partial charge in [-0.3, -0.25) is 4.79 Å². The van der Waals surface area contributed by atoms with Crippen LogP contribution in [0.3, 0.4) is 0 Å². The fourth-order valence-electron chi connectivity index (χ4n) is 3.30. The van der Waals surface area contributed by atoms with Crippen LogP contribution >= 0.6 is 0 Å². The van der Waals surface area contributed by atoms with Crippen molar-refractivity contribution in [2.24, 2.45) is 15.2 Å². The zero-order chi connectivity index (χ0) is 22.9. The van der Waals surface area contributed by atoms with E-state index in [-0.39, 0.29) is 40.8 Å². The molecule has 1 aliphatic rings. The lowest BCUT2D eigenvalue weighted by molar-refractivity contribution is -0.114. The van der Waals surface area contributed by atoms with Crippen LogP contribution in [0, 0.1) is 0 Å². The highest BCUT2D eigenvalue weighted by atomic mass is 32.3. The molecule has 1 aromatic heterocycles. The van der Waals surface area contributed by atoms with E-state index in [4.69, 9.17) is 11.5 Å². The molecule has 0 saturated heterocycles. The van der Waals surface area contributed by atoms with Crippen molar-refractivity contribution in [3.05, 3.63) is 36.4 Å². The zero-order valence-corrected chi connectivity index (χ0v) is 18.1. The van der Waals surface area contributed by atoms with Crippen molar-refractivity contribution in [3.63, 3.8) is 0 Å². The average Bonchev–Trinajstić information content (AvgIpc) is 3.37. The van der Waals surface area contributed by atoms with Crippen molar-refractivity contribution in [2.75, 3.05) is 25.0 Å². The molecule has 15 heteroatoms. The van der Waals surface area contributed by atoms with Crippen LogP contribution in [0.1, 0.15) is 0 Å². The maximum atomic E-state index is 13.4. The van der Waals surface area contributed by atoms with Gasteiger partial charge in [-0.1, -0.05) is 28.0 Å². The minimum absolute atomic E-state index is 0.0297. The number of hydrogen-bond donors (Lipinski definition) is 5. The third-order valence-electron chi connectivity index (χ3n) is 4.57. The van der Waals surface area contributed by atoms with Crippen molar-refractivity contribution in [1.82, 2.24) is 25.3 Å². The van der Waals surface area contributed by atoms with Gasteiger partial charge in [0, 0.05) is 24.3 Å². The minimum Gasteiger partial charge on any atom is -0.329 e. The van der Waals surface area contributed by atoms with Gasteiger partial charge in [0.15, 0.2) is 9.92 Å². The van der Waals surface area contributed by atoms with Gasteiger partial charge in [-0.05, 0) is 22.9 Å². The molecule has 0 saturated carbocycles. The molecule has 4 rings (SSSR count). The number of H-pyrrole nitrogens is 1. The Morgan fingerprint density at radius 1 is 1.06 bits per heavy atom. The first-order valence-electron chi connectivity index (χ1n) is 9.29. The monoisotopic (exact) mass is 477 g/mol. The van der Waals surface area contributed by atoms with Crippen molar-refractivity contribution < 1.29 is 17.4 Å². The molecule has 2 heterocycles. The summed E-state index contributed by atoms with van der Waals surface area (Å²) in [5.41, 5.74) is 12.2. The van der Waals surface area contributed by atoms with E-state index in [1.165, 1.54) is 6.07 Å². The van der Waals surface area contributed by atoms with Gasteiger partial charge in [-0.2, -0.15) is 13.6 Å². The molecule has 0 fully saturated rings. The second-order valence-corrected chi connectivity index (χ2v) is 10.3. The van der Waals surface area contributed by atoms with Crippen LogP contribution in [0.2, 0.25) is 0 Å². The standard InChI is InChI=1S/C17H19N9O4S2/c18-7-8-20-31(28)13-6-5-11(10-3-1-2-4-12(10)21-14(27)9-19)15(17-22-24-25-23-17)16(13)32(29,30)26-31/h1-6H,7-9,18-19H2,(H,21,27)(H,20,26,28)(H,22,23,24,25). The van der Waals surface area contributed by atoms with Crippen LogP contribution in [0.4, 0.5) is 5.69 Å². The summed E-state index contributed by atoms with van der Waals surface area (Å²) in [5.74, 6) is -0.477. The minimum atomic E-state index is -4.35. The average molecular weight is 478 g/mol. The number of nitrogens with two attached hydrogens (primary N) is 2. The van der Waals surface area contributed by atoms with Crippen molar-refractivity contribution >= 4 is 31.5 Å². The highest BCUT2D eigenvalue weighted by Gasteiger charge is 2.39. The molecule has 0 bridgehead atoms. The SMILES string of the molecule is NCCNS1(=O)=NS(=O)(=O)c2c1ccc(-c1ccccc1NC(=O)CN)c2-c1nn[nH]n1. The molecule has 0 aliphatic carbocycles. The highest BCUT2D eigenvalue weighted by molar-refractivity contribution is 8.05. The summed E-state index contributed by atoms with van der Waals surface area (Å²) in [4.78, 5) is 11.6. The summed E-state index contributed by atoms with van der Waals surface area (Å²) in [7, 11) is -7.85. The van der Waals surface area contributed by atoms with Crippen LogP contribution in [0.5, 0.6) is 0 Å². The van der Waals surface area contributed by atoms with E-state index in [1.807, 2.05) is 0 Å².